The first kappa shape index (κ1) is 15.3. The molecule has 7 nitrogen and oxygen atoms in total. The lowest BCUT2D eigenvalue weighted by Crippen LogP contribution is -2.42. The van der Waals surface area contributed by atoms with Crippen molar-refractivity contribution >= 4 is 5.82 Å². The fraction of sp³-hybridized carbons (Fsp3) is 0.583. The van der Waals surface area contributed by atoms with Crippen LogP contribution >= 0.6 is 0 Å². The highest BCUT2D eigenvalue weighted by atomic mass is 16.6. The van der Waals surface area contributed by atoms with E-state index in [-0.39, 0.29) is 18.2 Å². The molecule has 2 N–H and O–H groups in total. The number of aryl methyl sites for hydroxylation is 1. The third-order valence-corrected chi connectivity index (χ3v) is 2.45. The third-order valence-electron chi connectivity index (χ3n) is 2.45. The minimum atomic E-state index is -1.10. The van der Waals surface area contributed by atoms with Crippen LogP contribution in [0.3, 0.4) is 0 Å². The maximum atomic E-state index is 10.9. The van der Waals surface area contributed by atoms with Gasteiger partial charge in [0.15, 0.2) is 0 Å². The largest absolute Gasteiger partial charge is 0.483 e. The number of ether oxygens (including phenoxy) is 1. The molecule has 0 aliphatic carbocycles. The second kappa shape index (κ2) is 6.44. The summed E-state index contributed by atoms with van der Waals surface area (Å²) < 4.78 is 5.32. The normalized spacial score (nSPS) is 13.9. The van der Waals surface area contributed by atoms with Gasteiger partial charge in [-0.15, -0.1) is 0 Å². The Morgan fingerprint density at radius 1 is 1.58 bits per heavy atom. The van der Waals surface area contributed by atoms with Crippen LogP contribution in [-0.2, 0) is 0 Å². The molecule has 0 bridgehead atoms. The van der Waals surface area contributed by atoms with E-state index >= 15 is 0 Å². The van der Waals surface area contributed by atoms with E-state index in [1.54, 1.807) is 19.9 Å². The van der Waals surface area contributed by atoms with Gasteiger partial charge in [0.25, 0.3) is 0 Å². The Kier molecular flexibility index (Phi) is 5.20. The molecule has 0 fully saturated rings. The highest BCUT2D eigenvalue weighted by molar-refractivity contribution is 5.40. The molecule has 7 heteroatoms. The minimum Gasteiger partial charge on any atom is -0.483 e. The van der Waals surface area contributed by atoms with Gasteiger partial charge in [-0.2, -0.15) is 0 Å². The predicted octanol–water partition coefficient (Wildman–Crippen LogP) is 1.04. The average Bonchev–Trinajstić information content (AvgIpc) is 2.35. The quantitative estimate of drug-likeness (QED) is 0.567. The van der Waals surface area contributed by atoms with Gasteiger partial charge in [-0.25, -0.2) is 0 Å². The Balaban J connectivity index is 2.75. The Hall–Kier alpha value is -1.73. The number of hydrogen-bond donors (Lipinski definition) is 2. The Morgan fingerprint density at radius 2 is 2.26 bits per heavy atom. The molecule has 0 saturated heterocycles. The molecule has 0 aromatic carbocycles. The number of nitrogens with zero attached hydrogens (tertiary/aromatic N) is 2. The topological polar surface area (TPSA) is 97.5 Å². The van der Waals surface area contributed by atoms with Crippen LogP contribution in [0.5, 0.6) is 5.75 Å². The molecular weight excluding hydrogens is 250 g/mol. The predicted molar refractivity (Wildman–Crippen MR) is 70.3 cm³/mol. The molecule has 1 unspecified atom stereocenters. The molecule has 0 radical (unpaired) electrons. The van der Waals surface area contributed by atoms with Crippen molar-refractivity contribution in [2.75, 3.05) is 19.7 Å². The molecule has 1 aromatic heterocycles. The summed E-state index contributed by atoms with van der Waals surface area (Å²) in [6, 6.07) is 3.12. The lowest BCUT2D eigenvalue weighted by Gasteiger charge is -2.23. The van der Waals surface area contributed by atoms with E-state index < -0.39 is 10.5 Å². The van der Waals surface area contributed by atoms with Crippen molar-refractivity contribution in [2.45, 2.75) is 26.4 Å². The summed E-state index contributed by atoms with van der Waals surface area (Å²) in [7, 11) is 0. The van der Waals surface area contributed by atoms with Gasteiger partial charge >= 0.3 is 5.82 Å². The summed E-state index contributed by atoms with van der Waals surface area (Å²) in [6.45, 7) is 6.21. The van der Waals surface area contributed by atoms with Crippen LogP contribution in [-0.4, -0.2) is 40.3 Å². The Morgan fingerprint density at radius 3 is 2.84 bits per heavy atom. The maximum Gasteiger partial charge on any atom is 0.406 e. The maximum absolute atomic E-state index is 10.9. The van der Waals surface area contributed by atoms with Crippen LogP contribution < -0.4 is 10.1 Å². The first-order valence-electron chi connectivity index (χ1n) is 6.03. The molecule has 1 atom stereocenters. The van der Waals surface area contributed by atoms with E-state index in [9.17, 15) is 15.2 Å². The van der Waals surface area contributed by atoms with Gasteiger partial charge in [0, 0.05) is 13.5 Å². The number of pyridine rings is 1. The van der Waals surface area contributed by atoms with Gasteiger partial charge in [0.05, 0.1) is 0 Å². The SMILES string of the molecule is CCNCC(C)(O)COc1ccc(C)nc1[N+](=O)[O-]. The molecule has 1 rings (SSSR count). The first-order valence-corrected chi connectivity index (χ1v) is 6.03. The fourth-order valence-electron chi connectivity index (χ4n) is 1.45. The molecule has 0 saturated carbocycles. The zero-order valence-electron chi connectivity index (χ0n) is 11.3. The molecule has 0 aliphatic rings. The summed E-state index contributed by atoms with van der Waals surface area (Å²) in [5.41, 5.74) is -0.562. The molecule has 106 valence electrons. The zero-order valence-corrected chi connectivity index (χ0v) is 11.3. The van der Waals surface area contributed by atoms with Crippen molar-refractivity contribution < 1.29 is 14.8 Å². The molecule has 19 heavy (non-hydrogen) atoms. The Bertz CT molecular complexity index is 449. The number of likely N-dealkylation sites (N-methyl/N-ethyl adjacent to an activating group) is 1. The fourth-order valence-corrected chi connectivity index (χ4v) is 1.45. The molecule has 1 aromatic rings. The Labute approximate surface area is 111 Å². The van der Waals surface area contributed by atoms with Gasteiger partial charge < -0.3 is 25.3 Å². The van der Waals surface area contributed by atoms with Crippen molar-refractivity contribution in [3.63, 3.8) is 0 Å². The number of aromatic nitrogens is 1. The van der Waals surface area contributed by atoms with Gasteiger partial charge in [-0.1, -0.05) is 6.92 Å². The average molecular weight is 269 g/mol. The highest BCUT2D eigenvalue weighted by Gasteiger charge is 2.24. The summed E-state index contributed by atoms with van der Waals surface area (Å²) in [6.07, 6.45) is 0. The lowest BCUT2D eigenvalue weighted by molar-refractivity contribution is -0.390. The number of nitrogens with one attached hydrogen (secondary N) is 1. The molecular formula is C12H19N3O4. The van der Waals surface area contributed by atoms with Crippen molar-refractivity contribution in [3.05, 3.63) is 27.9 Å². The summed E-state index contributed by atoms with van der Waals surface area (Å²) in [5.74, 6) is -0.272. The van der Waals surface area contributed by atoms with Crippen molar-refractivity contribution in [1.82, 2.24) is 10.3 Å². The van der Waals surface area contributed by atoms with Crippen LogP contribution in [0.2, 0.25) is 0 Å². The van der Waals surface area contributed by atoms with Crippen molar-refractivity contribution in [2.24, 2.45) is 0 Å². The molecule has 0 aliphatic heterocycles. The van der Waals surface area contributed by atoms with Crippen LogP contribution in [0.1, 0.15) is 19.5 Å². The van der Waals surface area contributed by atoms with Gasteiger partial charge in [0.1, 0.15) is 17.9 Å². The van der Waals surface area contributed by atoms with E-state index in [1.165, 1.54) is 6.07 Å². The summed E-state index contributed by atoms with van der Waals surface area (Å²) in [5, 5.41) is 23.9. The van der Waals surface area contributed by atoms with Crippen LogP contribution in [0, 0.1) is 17.0 Å². The number of rotatable bonds is 7. The van der Waals surface area contributed by atoms with E-state index in [0.717, 1.165) is 6.54 Å². The number of nitro groups is 1. The second-order valence-corrected chi connectivity index (χ2v) is 4.60. The molecule has 0 amide bonds. The zero-order chi connectivity index (χ0) is 14.5. The lowest BCUT2D eigenvalue weighted by atomic mass is 10.1. The second-order valence-electron chi connectivity index (χ2n) is 4.60. The molecule has 1 heterocycles. The van der Waals surface area contributed by atoms with Crippen LogP contribution in [0.4, 0.5) is 5.82 Å². The van der Waals surface area contributed by atoms with Gasteiger partial charge in [0.2, 0.25) is 5.75 Å². The van der Waals surface area contributed by atoms with Crippen LogP contribution in [0.15, 0.2) is 12.1 Å². The first-order chi connectivity index (χ1) is 8.85. The van der Waals surface area contributed by atoms with Crippen molar-refractivity contribution in [3.8, 4) is 5.75 Å². The highest BCUT2D eigenvalue weighted by Crippen LogP contribution is 2.25. The summed E-state index contributed by atoms with van der Waals surface area (Å²) >= 11 is 0. The number of hydrogen-bond acceptors (Lipinski definition) is 6. The van der Waals surface area contributed by atoms with Crippen molar-refractivity contribution in [1.29, 1.82) is 0 Å². The van der Waals surface area contributed by atoms with E-state index in [2.05, 4.69) is 10.3 Å². The van der Waals surface area contributed by atoms with Gasteiger partial charge in [-0.3, -0.25) is 0 Å². The van der Waals surface area contributed by atoms with Gasteiger partial charge in [-0.05, 0) is 35.5 Å². The van der Waals surface area contributed by atoms with E-state index in [1.807, 2.05) is 6.92 Å². The molecule has 0 spiro atoms. The monoisotopic (exact) mass is 269 g/mol. The van der Waals surface area contributed by atoms with E-state index in [4.69, 9.17) is 4.74 Å². The number of aliphatic hydroxyl groups is 1. The summed E-state index contributed by atoms with van der Waals surface area (Å²) in [4.78, 5) is 14.1. The standard InChI is InChI=1S/C12H19N3O4/c1-4-13-7-12(3,16)8-19-10-6-5-9(2)14-11(10)15(17)18/h5-6,13,16H,4,7-8H2,1-3H3. The third kappa shape index (κ3) is 4.80. The minimum absolute atomic E-state index is 0.0500. The van der Waals surface area contributed by atoms with E-state index in [0.29, 0.717) is 12.2 Å². The smallest absolute Gasteiger partial charge is 0.406 e. The van der Waals surface area contributed by atoms with Crippen LogP contribution in [0.25, 0.3) is 0 Å².